The summed E-state index contributed by atoms with van der Waals surface area (Å²) < 4.78 is 0. The SMILES string of the molecule is Cc1nc(C(=O)N2CCCC2)c2ccccc2n1. The molecule has 0 radical (unpaired) electrons. The molecule has 92 valence electrons. The fraction of sp³-hybridized carbons (Fsp3) is 0.357. The Morgan fingerprint density at radius 2 is 1.89 bits per heavy atom. The average molecular weight is 241 g/mol. The third kappa shape index (κ3) is 1.83. The topological polar surface area (TPSA) is 46.1 Å². The Morgan fingerprint density at radius 1 is 1.17 bits per heavy atom. The number of fused-ring (bicyclic) bond motifs is 1. The van der Waals surface area contributed by atoms with Crippen LogP contribution in [0.5, 0.6) is 0 Å². The highest BCUT2D eigenvalue weighted by atomic mass is 16.2. The molecule has 1 aliphatic heterocycles. The number of aromatic nitrogens is 2. The summed E-state index contributed by atoms with van der Waals surface area (Å²) in [7, 11) is 0. The van der Waals surface area contributed by atoms with E-state index >= 15 is 0 Å². The van der Waals surface area contributed by atoms with Crippen molar-refractivity contribution in [1.82, 2.24) is 14.9 Å². The van der Waals surface area contributed by atoms with Crippen LogP contribution in [0, 0.1) is 6.92 Å². The zero-order valence-corrected chi connectivity index (χ0v) is 10.4. The summed E-state index contributed by atoms with van der Waals surface area (Å²) in [6.45, 7) is 3.51. The van der Waals surface area contributed by atoms with Gasteiger partial charge in [0.2, 0.25) is 0 Å². The van der Waals surface area contributed by atoms with E-state index in [4.69, 9.17) is 0 Å². The number of likely N-dealkylation sites (tertiary alicyclic amines) is 1. The number of benzene rings is 1. The van der Waals surface area contributed by atoms with Gasteiger partial charge >= 0.3 is 0 Å². The van der Waals surface area contributed by atoms with Crippen molar-refractivity contribution in [3.63, 3.8) is 0 Å². The largest absolute Gasteiger partial charge is 0.337 e. The molecule has 0 spiro atoms. The van der Waals surface area contributed by atoms with E-state index in [-0.39, 0.29) is 5.91 Å². The summed E-state index contributed by atoms with van der Waals surface area (Å²) in [6.07, 6.45) is 2.18. The number of para-hydroxylation sites is 1. The van der Waals surface area contributed by atoms with Crippen molar-refractivity contribution in [3.8, 4) is 0 Å². The first-order valence-electron chi connectivity index (χ1n) is 6.28. The van der Waals surface area contributed by atoms with Crippen LogP contribution in [-0.4, -0.2) is 33.9 Å². The third-order valence-corrected chi connectivity index (χ3v) is 3.31. The van der Waals surface area contributed by atoms with Gasteiger partial charge in [0.15, 0.2) is 0 Å². The molecule has 4 nitrogen and oxygen atoms in total. The Bertz CT molecular complexity index is 603. The molecule has 0 atom stereocenters. The Labute approximate surface area is 106 Å². The van der Waals surface area contributed by atoms with Crippen LogP contribution in [-0.2, 0) is 0 Å². The highest BCUT2D eigenvalue weighted by Crippen LogP contribution is 2.19. The van der Waals surface area contributed by atoms with E-state index in [1.165, 1.54) is 0 Å². The maximum absolute atomic E-state index is 12.4. The van der Waals surface area contributed by atoms with Gasteiger partial charge in [-0.05, 0) is 25.8 Å². The van der Waals surface area contributed by atoms with Crippen molar-refractivity contribution in [3.05, 3.63) is 35.8 Å². The van der Waals surface area contributed by atoms with Crippen molar-refractivity contribution < 1.29 is 4.79 Å². The number of hydrogen-bond acceptors (Lipinski definition) is 3. The molecule has 1 aromatic carbocycles. The predicted octanol–water partition coefficient (Wildman–Crippen LogP) is 2.17. The van der Waals surface area contributed by atoms with Crippen LogP contribution in [0.4, 0.5) is 0 Å². The number of rotatable bonds is 1. The lowest BCUT2D eigenvalue weighted by Crippen LogP contribution is -2.28. The molecule has 1 aliphatic rings. The summed E-state index contributed by atoms with van der Waals surface area (Å²) in [5.41, 5.74) is 1.38. The van der Waals surface area contributed by atoms with E-state index < -0.39 is 0 Å². The summed E-state index contributed by atoms with van der Waals surface area (Å²) in [4.78, 5) is 23.0. The zero-order valence-electron chi connectivity index (χ0n) is 10.4. The maximum Gasteiger partial charge on any atom is 0.273 e. The van der Waals surface area contributed by atoms with Crippen molar-refractivity contribution in [2.24, 2.45) is 0 Å². The minimum Gasteiger partial charge on any atom is -0.337 e. The molecule has 1 fully saturated rings. The standard InChI is InChI=1S/C14H15N3O/c1-10-15-12-7-3-2-6-11(12)13(16-10)14(18)17-8-4-5-9-17/h2-3,6-7H,4-5,8-9H2,1H3. The lowest BCUT2D eigenvalue weighted by atomic mass is 10.1. The molecule has 0 N–H and O–H groups in total. The second-order valence-corrected chi connectivity index (χ2v) is 4.64. The van der Waals surface area contributed by atoms with E-state index in [0.29, 0.717) is 11.5 Å². The van der Waals surface area contributed by atoms with Crippen LogP contribution in [0.2, 0.25) is 0 Å². The van der Waals surface area contributed by atoms with E-state index in [1.54, 1.807) is 0 Å². The molecule has 0 aliphatic carbocycles. The molecular weight excluding hydrogens is 226 g/mol. The van der Waals surface area contributed by atoms with Crippen LogP contribution in [0.25, 0.3) is 10.9 Å². The van der Waals surface area contributed by atoms with Crippen molar-refractivity contribution in [1.29, 1.82) is 0 Å². The molecule has 3 rings (SSSR count). The summed E-state index contributed by atoms with van der Waals surface area (Å²) >= 11 is 0. The summed E-state index contributed by atoms with van der Waals surface area (Å²) in [5, 5.41) is 0.847. The van der Waals surface area contributed by atoms with Crippen LogP contribution in [0.1, 0.15) is 29.2 Å². The number of amides is 1. The van der Waals surface area contributed by atoms with Gasteiger partial charge < -0.3 is 4.90 Å². The Hall–Kier alpha value is -1.97. The Kier molecular flexibility index (Phi) is 2.70. The van der Waals surface area contributed by atoms with E-state index in [1.807, 2.05) is 36.1 Å². The molecule has 0 bridgehead atoms. The van der Waals surface area contributed by atoms with Gasteiger partial charge in [-0.15, -0.1) is 0 Å². The average Bonchev–Trinajstić information content (AvgIpc) is 2.90. The van der Waals surface area contributed by atoms with Gasteiger partial charge in [-0.2, -0.15) is 0 Å². The van der Waals surface area contributed by atoms with Gasteiger partial charge in [0.25, 0.3) is 5.91 Å². The Morgan fingerprint density at radius 3 is 2.67 bits per heavy atom. The summed E-state index contributed by atoms with van der Waals surface area (Å²) in [6, 6.07) is 7.68. The second-order valence-electron chi connectivity index (χ2n) is 4.64. The lowest BCUT2D eigenvalue weighted by molar-refractivity contribution is 0.0789. The number of nitrogens with zero attached hydrogens (tertiary/aromatic N) is 3. The van der Waals surface area contributed by atoms with E-state index in [0.717, 1.165) is 36.8 Å². The molecule has 4 heteroatoms. The fourth-order valence-electron chi connectivity index (χ4n) is 2.43. The van der Waals surface area contributed by atoms with Gasteiger partial charge in [-0.25, -0.2) is 9.97 Å². The predicted molar refractivity (Wildman–Crippen MR) is 69.4 cm³/mol. The van der Waals surface area contributed by atoms with Crippen LogP contribution in [0.15, 0.2) is 24.3 Å². The minimum absolute atomic E-state index is 0.0363. The molecule has 0 saturated carbocycles. The molecule has 2 aromatic rings. The zero-order chi connectivity index (χ0) is 12.5. The molecule has 1 aromatic heterocycles. The van der Waals surface area contributed by atoms with Crippen LogP contribution < -0.4 is 0 Å². The van der Waals surface area contributed by atoms with Gasteiger partial charge in [-0.3, -0.25) is 4.79 Å². The fourth-order valence-corrected chi connectivity index (χ4v) is 2.43. The highest BCUT2D eigenvalue weighted by Gasteiger charge is 2.22. The molecule has 1 amide bonds. The third-order valence-electron chi connectivity index (χ3n) is 3.31. The Balaban J connectivity index is 2.12. The molecular formula is C14H15N3O. The highest BCUT2D eigenvalue weighted by molar-refractivity contribution is 6.04. The van der Waals surface area contributed by atoms with Crippen molar-refractivity contribution in [2.75, 3.05) is 13.1 Å². The number of hydrogen-bond donors (Lipinski definition) is 0. The minimum atomic E-state index is 0.0363. The van der Waals surface area contributed by atoms with Gasteiger partial charge in [-0.1, -0.05) is 18.2 Å². The first-order chi connectivity index (χ1) is 8.75. The molecule has 1 saturated heterocycles. The van der Waals surface area contributed by atoms with Gasteiger partial charge in [0.05, 0.1) is 5.52 Å². The van der Waals surface area contributed by atoms with Crippen LogP contribution in [0.3, 0.4) is 0 Å². The normalized spacial score (nSPS) is 15.3. The maximum atomic E-state index is 12.4. The van der Waals surface area contributed by atoms with E-state index in [2.05, 4.69) is 9.97 Å². The van der Waals surface area contributed by atoms with Gasteiger partial charge in [0.1, 0.15) is 11.5 Å². The monoisotopic (exact) mass is 241 g/mol. The second kappa shape index (κ2) is 4.37. The molecule has 2 heterocycles. The smallest absolute Gasteiger partial charge is 0.273 e. The summed E-state index contributed by atoms with van der Waals surface area (Å²) in [5.74, 6) is 0.686. The van der Waals surface area contributed by atoms with E-state index in [9.17, 15) is 4.79 Å². The lowest BCUT2D eigenvalue weighted by Gasteiger charge is -2.15. The molecule has 18 heavy (non-hydrogen) atoms. The number of aryl methyl sites for hydroxylation is 1. The number of carbonyl (C=O) groups is 1. The van der Waals surface area contributed by atoms with Crippen LogP contribution >= 0.6 is 0 Å². The van der Waals surface area contributed by atoms with Gasteiger partial charge in [0, 0.05) is 18.5 Å². The first kappa shape index (κ1) is 11.1. The van der Waals surface area contributed by atoms with Crippen molar-refractivity contribution >= 4 is 16.8 Å². The quantitative estimate of drug-likeness (QED) is 0.768. The number of carbonyl (C=O) groups excluding carboxylic acids is 1. The van der Waals surface area contributed by atoms with Crippen molar-refractivity contribution in [2.45, 2.75) is 19.8 Å². The molecule has 0 unspecified atom stereocenters. The first-order valence-corrected chi connectivity index (χ1v) is 6.28.